The minimum atomic E-state index is 0.567. The van der Waals surface area contributed by atoms with Crippen molar-refractivity contribution in [3.05, 3.63) is 11.8 Å². The number of nitrogens with zero attached hydrogens (tertiary/aromatic N) is 3. The van der Waals surface area contributed by atoms with Gasteiger partial charge in [0.05, 0.1) is 6.54 Å². The molecule has 0 saturated heterocycles. The van der Waals surface area contributed by atoms with Gasteiger partial charge in [-0.1, -0.05) is 19.8 Å². The van der Waals surface area contributed by atoms with Gasteiger partial charge in [0.2, 0.25) is 11.8 Å². The largest absolute Gasteiger partial charge is 0.424 e. The molecular weight excluding hydrogens is 214 g/mol. The molecular formula is C13H21N3O. The molecule has 94 valence electrons. The minimum Gasteiger partial charge on any atom is -0.424 e. The number of hydrogen-bond acceptors (Lipinski definition) is 4. The topological polar surface area (TPSA) is 42.2 Å². The average Bonchev–Trinajstić information content (AvgIpc) is 2.89. The third-order valence-corrected chi connectivity index (χ3v) is 3.99. The molecule has 3 rings (SSSR count). The Morgan fingerprint density at radius 1 is 1.18 bits per heavy atom. The van der Waals surface area contributed by atoms with Gasteiger partial charge in [0.15, 0.2) is 0 Å². The highest BCUT2D eigenvalue weighted by Gasteiger charge is 2.30. The molecule has 2 fully saturated rings. The van der Waals surface area contributed by atoms with Crippen molar-refractivity contribution in [2.45, 2.75) is 64.0 Å². The molecule has 4 nitrogen and oxygen atoms in total. The Bertz CT molecular complexity index is 366. The van der Waals surface area contributed by atoms with Crippen molar-refractivity contribution in [1.29, 1.82) is 0 Å². The lowest BCUT2D eigenvalue weighted by Gasteiger charge is -2.25. The van der Waals surface area contributed by atoms with Gasteiger partial charge in [-0.15, -0.1) is 10.2 Å². The molecule has 0 amide bonds. The van der Waals surface area contributed by atoms with E-state index in [1.54, 1.807) is 0 Å². The van der Waals surface area contributed by atoms with Crippen molar-refractivity contribution < 1.29 is 4.42 Å². The molecule has 0 radical (unpaired) electrons. The SMILES string of the molecule is CCN(Cc1nnc(C2CC2)o1)C1CCCC1. The molecule has 0 spiro atoms. The molecule has 0 N–H and O–H groups in total. The van der Waals surface area contributed by atoms with Gasteiger partial charge in [-0.25, -0.2) is 0 Å². The van der Waals surface area contributed by atoms with E-state index in [-0.39, 0.29) is 0 Å². The first-order chi connectivity index (χ1) is 8.36. The van der Waals surface area contributed by atoms with E-state index >= 15 is 0 Å². The summed E-state index contributed by atoms with van der Waals surface area (Å²) in [6.07, 6.45) is 7.86. The Hall–Kier alpha value is -0.900. The van der Waals surface area contributed by atoms with Gasteiger partial charge < -0.3 is 4.42 Å². The van der Waals surface area contributed by atoms with Crippen LogP contribution in [0.4, 0.5) is 0 Å². The average molecular weight is 235 g/mol. The summed E-state index contributed by atoms with van der Waals surface area (Å²) >= 11 is 0. The maximum absolute atomic E-state index is 5.74. The lowest BCUT2D eigenvalue weighted by molar-refractivity contribution is 0.180. The fourth-order valence-corrected chi connectivity index (χ4v) is 2.77. The van der Waals surface area contributed by atoms with Crippen molar-refractivity contribution >= 4 is 0 Å². The molecule has 0 unspecified atom stereocenters. The molecule has 2 saturated carbocycles. The molecule has 2 aliphatic rings. The van der Waals surface area contributed by atoms with Crippen molar-refractivity contribution in [2.24, 2.45) is 0 Å². The van der Waals surface area contributed by atoms with Crippen molar-refractivity contribution in [2.75, 3.05) is 6.54 Å². The lowest BCUT2D eigenvalue weighted by atomic mass is 10.2. The summed E-state index contributed by atoms with van der Waals surface area (Å²) in [5.74, 6) is 2.24. The molecule has 4 heteroatoms. The molecule has 0 aromatic carbocycles. The second-order valence-corrected chi connectivity index (χ2v) is 5.31. The summed E-state index contributed by atoms with van der Waals surface area (Å²) in [7, 11) is 0. The Morgan fingerprint density at radius 3 is 2.59 bits per heavy atom. The van der Waals surface area contributed by atoms with E-state index in [1.165, 1.54) is 38.5 Å². The van der Waals surface area contributed by atoms with Gasteiger partial charge in [0.1, 0.15) is 0 Å². The van der Waals surface area contributed by atoms with Gasteiger partial charge in [0.25, 0.3) is 0 Å². The normalized spacial score (nSPS) is 21.5. The van der Waals surface area contributed by atoms with Crippen LogP contribution in [-0.4, -0.2) is 27.7 Å². The molecule has 1 heterocycles. The summed E-state index contributed by atoms with van der Waals surface area (Å²) in [6, 6.07) is 0.733. The van der Waals surface area contributed by atoms with Crippen molar-refractivity contribution in [3.8, 4) is 0 Å². The predicted molar refractivity (Wildman–Crippen MR) is 64.6 cm³/mol. The first-order valence-corrected chi connectivity index (χ1v) is 6.93. The van der Waals surface area contributed by atoms with Crippen LogP contribution in [0.25, 0.3) is 0 Å². The zero-order valence-electron chi connectivity index (χ0n) is 10.6. The van der Waals surface area contributed by atoms with Gasteiger partial charge in [-0.05, 0) is 32.2 Å². The van der Waals surface area contributed by atoms with E-state index in [0.29, 0.717) is 5.92 Å². The third kappa shape index (κ3) is 2.51. The molecule has 0 atom stereocenters. The molecule has 1 aromatic rings. The number of aromatic nitrogens is 2. The van der Waals surface area contributed by atoms with E-state index in [1.807, 2.05) is 0 Å². The van der Waals surface area contributed by atoms with Crippen LogP contribution >= 0.6 is 0 Å². The Labute approximate surface area is 102 Å². The highest BCUT2D eigenvalue weighted by Crippen LogP contribution is 2.39. The Balaban J connectivity index is 1.62. The van der Waals surface area contributed by atoms with Crippen molar-refractivity contribution in [1.82, 2.24) is 15.1 Å². The third-order valence-electron chi connectivity index (χ3n) is 3.99. The minimum absolute atomic E-state index is 0.567. The van der Waals surface area contributed by atoms with Gasteiger partial charge >= 0.3 is 0 Å². The highest BCUT2D eigenvalue weighted by molar-refractivity contribution is 5.00. The maximum atomic E-state index is 5.74. The molecule has 1 aromatic heterocycles. The van der Waals surface area contributed by atoms with E-state index in [2.05, 4.69) is 22.0 Å². The van der Waals surface area contributed by atoms with Crippen LogP contribution in [0.5, 0.6) is 0 Å². The first kappa shape index (κ1) is 11.2. The predicted octanol–water partition coefficient (Wildman–Crippen LogP) is 2.71. The Kier molecular flexibility index (Phi) is 3.14. The van der Waals surface area contributed by atoms with Crippen LogP contribution in [-0.2, 0) is 6.54 Å². The Morgan fingerprint density at radius 2 is 1.94 bits per heavy atom. The highest BCUT2D eigenvalue weighted by atomic mass is 16.4. The molecule has 0 aliphatic heterocycles. The van der Waals surface area contributed by atoms with Gasteiger partial charge in [0, 0.05) is 12.0 Å². The monoisotopic (exact) mass is 235 g/mol. The first-order valence-electron chi connectivity index (χ1n) is 6.93. The van der Waals surface area contributed by atoms with Gasteiger partial charge in [-0.2, -0.15) is 0 Å². The second-order valence-electron chi connectivity index (χ2n) is 5.31. The number of rotatable bonds is 5. The van der Waals surface area contributed by atoms with Crippen LogP contribution in [0, 0.1) is 0 Å². The van der Waals surface area contributed by atoms with E-state index in [4.69, 9.17) is 4.42 Å². The zero-order valence-corrected chi connectivity index (χ0v) is 10.6. The second kappa shape index (κ2) is 4.77. The lowest BCUT2D eigenvalue weighted by Crippen LogP contribution is -2.32. The number of hydrogen-bond donors (Lipinski definition) is 0. The summed E-state index contributed by atoms with van der Waals surface area (Å²) in [4.78, 5) is 2.48. The smallest absolute Gasteiger partial charge is 0.230 e. The zero-order chi connectivity index (χ0) is 11.7. The van der Waals surface area contributed by atoms with Crippen LogP contribution < -0.4 is 0 Å². The van der Waals surface area contributed by atoms with Crippen LogP contribution in [0.3, 0.4) is 0 Å². The summed E-state index contributed by atoms with van der Waals surface area (Å²) in [6.45, 7) is 4.13. The van der Waals surface area contributed by atoms with Crippen LogP contribution in [0.15, 0.2) is 4.42 Å². The van der Waals surface area contributed by atoms with E-state index in [0.717, 1.165) is 30.9 Å². The quantitative estimate of drug-likeness (QED) is 0.787. The summed E-state index contributed by atoms with van der Waals surface area (Å²) in [5.41, 5.74) is 0. The van der Waals surface area contributed by atoms with Gasteiger partial charge in [-0.3, -0.25) is 4.90 Å². The summed E-state index contributed by atoms with van der Waals surface area (Å²) < 4.78 is 5.74. The standard InChI is InChI=1S/C13H21N3O/c1-2-16(11-5-3-4-6-11)9-12-14-15-13(17-12)10-7-8-10/h10-11H,2-9H2,1H3. The van der Waals surface area contributed by atoms with E-state index < -0.39 is 0 Å². The summed E-state index contributed by atoms with van der Waals surface area (Å²) in [5, 5.41) is 8.33. The van der Waals surface area contributed by atoms with E-state index in [9.17, 15) is 0 Å². The molecule has 0 bridgehead atoms. The molecule has 17 heavy (non-hydrogen) atoms. The maximum Gasteiger partial charge on any atom is 0.230 e. The molecule has 2 aliphatic carbocycles. The fourth-order valence-electron chi connectivity index (χ4n) is 2.77. The fraction of sp³-hybridized carbons (Fsp3) is 0.846. The van der Waals surface area contributed by atoms with Crippen LogP contribution in [0.2, 0.25) is 0 Å². The van der Waals surface area contributed by atoms with Crippen molar-refractivity contribution in [3.63, 3.8) is 0 Å². The van der Waals surface area contributed by atoms with Crippen LogP contribution in [0.1, 0.15) is 63.1 Å².